The smallest absolute Gasteiger partial charge is 0.256 e. The van der Waals surface area contributed by atoms with Crippen molar-refractivity contribution in [3.8, 4) is 17.2 Å². The second kappa shape index (κ2) is 5.85. The maximum Gasteiger partial charge on any atom is 0.256 e. The van der Waals surface area contributed by atoms with E-state index in [0.717, 1.165) is 5.56 Å². The standard InChI is InChI=1S/C17H14ClNO4/c1-22-14-6-9(7-15(23-2)16(14)20)5-12-11-4-3-10(18)8-13(11)19-17(12)21/h3-8,20H,1-2H3,(H,19,21)/b12-5-. The van der Waals surface area contributed by atoms with Crippen molar-refractivity contribution in [2.75, 3.05) is 19.5 Å². The molecule has 2 aromatic carbocycles. The number of carbonyl (C=O) groups excluding carboxylic acids is 1. The molecule has 0 radical (unpaired) electrons. The van der Waals surface area contributed by atoms with E-state index in [1.807, 2.05) is 0 Å². The van der Waals surface area contributed by atoms with Gasteiger partial charge in [-0.15, -0.1) is 0 Å². The second-order valence-electron chi connectivity index (χ2n) is 4.98. The molecule has 0 atom stereocenters. The van der Waals surface area contributed by atoms with E-state index < -0.39 is 0 Å². The van der Waals surface area contributed by atoms with Crippen LogP contribution in [0.4, 0.5) is 5.69 Å². The molecule has 6 heteroatoms. The Morgan fingerprint density at radius 1 is 1.13 bits per heavy atom. The predicted octanol–water partition coefficient (Wildman–Crippen LogP) is 3.56. The van der Waals surface area contributed by atoms with Gasteiger partial charge < -0.3 is 19.9 Å². The van der Waals surface area contributed by atoms with Crippen molar-refractivity contribution in [2.45, 2.75) is 0 Å². The molecule has 118 valence electrons. The summed E-state index contributed by atoms with van der Waals surface area (Å²) in [5, 5.41) is 13.3. The van der Waals surface area contributed by atoms with Crippen LogP contribution in [0.1, 0.15) is 11.1 Å². The van der Waals surface area contributed by atoms with E-state index in [0.29, 0.717) is 21.8 Å². The molecule has 0 saturated carbocycles. The number of fused-ring (bicyclic) bond motifs is 1. The van der Waals surface area contributed by atoms with Crippen molar-refractivity contribution in [1.29, 1.82) is 0 Å². The van der Waals surface area contributed by atoms with Crippen LogP contribution in [0.25, 0.3) is 11.6 Å². The first-order valence-electron chi connectivity index (χ1n) is 6.81. The van der Waals surface area contributed by atoms with Gasteiger partial charge in [0.2, 0.25) is 5.75 Å². The summed E-state index contributed by atoms with van der Waals surface area (Å²) in [5.74, 6) is 0.241. The van der Waals surface area contributed by atoms with Gasteiger partial charge in [-0.2, -0.15) is 0 Å². The van der Waals surface area contributed by atoms with Crippen molar-refractivity contribution in [3.63, 3.8) is 0 Å². The van der Waals surface area contributed by atoms with Crippen molar-refractivity contribution in [2.24, 2.45) is 0 Å². The topological polar surface area (TPSA) is 67.8 Å². The third-order valence-corrected chi connectivity index (χ3v) is 3.81. The molecule has 23 heavy (non-hydrogen) atoms. The van der Waals surface area contributed by atoms with E-state index in [1.165, 1.54) is 14.2 Å². The Labute approximate surface area is 138 Å². The molecule has 0 aliphatic carbocycles. The summed E-state index contributed by atoms with van der Waals surface area (Å²) in [6, 6.07) is 8.48. The van der Waals surface area contributed by atoms with Gasteiger partial charge in [-0.05, 0) is 35.9 Å². The van der Waals surface area contributed by atoms with Crippen LogP contribution in [0.3, 0.4) is 0 Å². The molecule has 3 rings (SSSR count). The lowest BCUT2D eigenvalue weighted by molar-refractivity contribution is -0.110. The first-order chi connectivity index (χ1) is 11.0. The highest BCUT2D eigenvalue weighted by Gasteiger charge is 2.24. The molecule has 2 N–H and O–H groups in total. The summed E-state index contributed by atoms with van der Waals surface area (Å²) < 4.78 is 10.3. The molecule has 5 nitrogen and oxygen atoms in total. The van der Waals surface area contributed by atoms with E-state index in [4.69, 9.17) is 21.1 Å². The van der Waals surface area contributed by atoms with Crippen LogP contribution in [0, 0.1) is 0 Å². The number of nitrogens with one attached hydrogen (secondary N) is 1. The highest BCUT2D eigenvalue weighted by Crippen LogP contribution is 2.40. The number of benzene rings is 2. The number of halogens is 1. The normalized spacial score (nSPS) is 14.6. The Bertz CT molecular complexity index is 804. The lowest BCUT2D eigenvalue weighted by atomic mass is 10.0. The van der Waals surface area contributed by atoms with Gasteiger partial charge in [0, 0.05) is 16.2 Å². The largest absolute Gasteiger partial charge is 0.502 e. The van der Waals surface area contributed by atoms with Crippen LogP contribution in [0.15, 0.2) is 30.3 Å². The molecule has 0 fully saturated rings. The fourth-order valence-electron chi connectivity index (χ4n) is 2.47. The summed E-state index contributed by atoms with van der Waals surface area (Å²) in [6.07, 6.45) is 1.71. The molecule has 1 aliphatic rings. The highest BCUT2D eigenvalue weighted by molar-refractivity contribution is 6.36. The molecule has 0 aromatic heterocycles. The number of phenols is 1. The van der Waals surface area contributed by atoms with Crippen molar-refractivity contribution in [3.05, 3.63) is 46.5 Å². The number of aromatic hydroxyl groups is 1. The minimum Gasteiger partial charge on any atom is -0.502 e. The van der Waals surface area contributed by atoms with Crippen LogP contribution in [0.2, 0.25) is 5.02 Å². The van der Waals surface area contributed by atoms with Crippen LogP contribution in [-0.2, 0) is 4.79 Å². The summed E-state index contributed by atoms with van der Waals surface area (Å²) in [4.78, 5) is 12.2. The summed E-state index contributed by atoms with van der Waals surface area (Å²) >= 11 is 5.94. The SMILES string of the molecule is COc1cc(/C=C2\C(=O)Nc3cc(Cl)ccc32)cc(OC)c1O. The van der Waals surface area contributed by atoms with E-state index in [2.05, 4.69) is 5.32 Å². The number of methoxy groups -OCH3 is 2. The number of phenolic OH excluding ortho intramolecular Hbond substituents is 1. The number of rotatable bonds is 3. The average molecular weight is 332 g/mol. The zero-order chi connectivity index (χ0) is 16.6. The lowest BCUT2D eigenvalue weighted by Gasteiger charge is -2.09. The Morgan fingerprint density at radius 3 is 2.39 bits per heavy atom. The van der Waals surface area contributed by atoms with Gasteiger partial charge in [0.25, 0.3) is 5.91 Å². The quantitative estimate of drug-likeness (QED) is 0.844. The van der Waals surface area contributed by atoms with Crippen molar-refractivity contribution >= 4 is 34.8 Å². The number of ether oxygens (including phenoxy) is 2. The average Bonchev–Trinajstić information content (AvgIpc) is 2.83. The van der Waals surface area contributed by atoms with Crippen LogP contribution in [0.5, 0.6) is 17.2 Å². The molecule has 0 unspecified atom stereocenters. The van der Waals surface area contributed by atoms with E-state index in [1.54, 1.807) is 36.4 Å². The number of amides is 1. The minimum atomic E-state index is -0.215. The number of hydrogen-bond acceptors (Lipinski definition) is 4. The maximum atomic E-state index is 12.2. The first-order valence-corrected chi connectivity index (χ1v) is 7.19. The lowest BCUT2D eigenvalue weighted by Crippen LogP contribution is -2.03. The molecule has 0 saturated heterocycles. The molecular weight excluding hydrogens is 318 g/mol. The predicted molar refractivity (Wildman–Crippen MR) is 89.2 cm³/mol. The first kappa shape index (κ1) is 15.2. The van der Waals surface area contributed by atoms with E-state index >= 15 is 0 Å². The summed E-state index contributed by atoms with van der Waals surface area (Å²) in [7, 11) is 2.90. The number of hydrogen-bond donors (Lipinski definition) is 2. The highest BCUT2D eigenvalue weighted by atomic mass is 35.5. The number of carbonyl (C=O) groups is 1. The zero-order valence-corrected chi connectivity index (χ0v) is 13.3. The van der Waals surface area contributed by atoms with Crippen LogP contribution >= 0.6 is 11.6 Å². The summed E-state index contributed by atoms with van der Waals surface area (Å²) in [6.45, 7) is 0. The molecule has 1 aliphatic heterocycles. The van der Waals surface area contributed by atoms with Gasteiger partial charge in [0.1, 0.15) is 0 Å². The second-order valence-corrected chi connectivity index (χ2v) is 5.41. The Hall–Kier alpha value is -2.66. The Kier molecular flexibility index (Phi) is 3.88. The van der Waals surface area contributed by atoms with E-state index in [9.17, 15) is 9.90 Å². The number of anilines is 1. The molecular formula is C17H14ClNO4. The monoisotopic (exact) mass is 331 g/mol. The van der Waals surface area contributed by atoms with Gasteiger partial charge in [-0.25, -0.2) is 0 Å². The third kappa shape index (κ3) is 2.71. The molecule has 1 heterocycles. The Balaban J connectivity index is 2.11. The minimum absolute atomic E-state index is 0.0831. The van der Waals surface area contributed by atoms with Crippen molar-refractivity contribution < 1.29 is 19.4 Å². The Morgan fingerprint density at radius 2 is 1.78 bits per heavy atom. The van der Waals surface area contributed by atoms with Crippen LogP contribution in [-0.4, -0.2) is 25.2 Å². The molecule has 2 aromatic rings. The summed E-state index contributed by atoms with van der Waals surface area (Å²) in [5.41, 5.74) is 2.62. The van der Waals surface area contributed by atoms with Crippen LogP contribution < -0.4 is 14.8 Å². The zero-order valence-electron chi connectivity index (χ0n) is 12.5. The molecule has 0 bridgehead atoms. The van der Waals surface area contributed by atoms with Gasteiger partial charge in [-0.3, -0.25) is 4.79 Å². The van der Waals surface area contributed by atoms with Crippen molar-refractivity contribution in [1.82, 2.24) is 0 Å². The van der Waals surface area contributed by atoms with Gasteiger partial charge in [0.05, 0.1) is 19.9 Å². The van der Waals surface area contributed by atoms with Gasteiger partial charge in [-0.1, -0.05) is 17.7 Å². The third-order valence-electron chi connectivity index (χ3n) is 3.58. The van der Waals surface area contributed by atoms with Gasteiger partial charge in [0.15, 0.2) is 11.5 Å². The fraction of sp³-hybridized carbons (Fsp3) is 0.118. The maximum absolute atomic E-state index is 12.2. The fourth-order valence-corrected chi connectivity index (χ4v) is 2.65. The molecule has 0 spiro atoms. The van der Waals surface area contributed by atoms with E-state index in [-0.39, 0.29) is 23.2 Å². The van der Waals surface area contributed by atoms with Gasteiger partial charge >= 0.3 is 0 Å². The molecule has 1 amide bonds.